The number of benzene rings is 2. The van der Waals surface area contributed by atoms with Gasteiger partial charge in [0.25, 0.3) is 0 Å². The molecule has 0 saturated carbocycles. The molecule has 0 radical (unpaired) electrons. The monoisotopic (exact) mass is 373 g/mol. The summed E-state index contributed by atoms with van der Waals surface area (Å²) in [5, 5.41) is 4.83. The van der Waals surface area contributed by atoms with E-state index in [1.807, 2.05) is 0 Å². The molecule has 2 aromatic rings. The highest BCUT2D eigenvalue weighted by atomic mass is 35.5. The van der Waals surface area contributed by atoms with Gasteiger partial charge in [0, 0.05) is 32.7 Å². The zero-order valence-corrected chi connectivity index (χ0v) is 14.3. The maximum Gasteiger partial charge on any atom is 0.244 e. The molecule has 1 N–H and O–H groups in total. The average Bonchev–Trinajstić information content (AvgIpc) is 2.45. The van der Waals surface area contributed by atoms with Gasteiger partial charge < -0.3 is 5.32 Å². The minimum absolute atomic E-state index is 0.253. The normalized spacial score (nSPS) is 10.9. The molecule has 6 heteroatoms. The van der Waals surface area contributed by atoms with Gasteiger partial charge in [-0.1, -0.05) is 58.5 Å². The second kappa shape index (κ2) is 7.89. The van der Waals surface area contributed by atoms with Crippen LogP contribution >= 0.6 is 46.4 Å². The fourth-order valence-electron chi connectivity index (χ4n) is 1.71. The highest BCUT2D eigenvalue weighted by Gasteiger charge is 2.03. The minimum atomic E-state index is -0.253. The number of nitrogens with one attached hydrogen (secondary N) is 1. The molecule has 2 rings (SSSR count). The van der Waals surface area contributed by atoms with Crippen molar-refractivity contribution in [1.82, 2.24) is 5.32 Å². The van der Waals surface area contributed by atoms with Crippen LogP contribution in [0.1, 0.15) is 11.1 Å². The molecule has 0 aliphatic rings. The largest absolute Gasteiger partial charge is 0.348 e. The van der Waals surface area contributed by atoms with E-state index < -0.39 is 0 Å². The Hall–Kier alpha value is -1.19. The number of amides is 1. The topological polar surface area (TPSA) is 29.1 Å². The van der Waals surface area contributed by atoms with Gasteiger partial charge in [0.15, 0.2) is 0 Å². The van der Waals surface area contributed by atoms with E-state index in [0.717, 1.165) is 5.56 Å². The van der Waals surface area contributed by atoms with Crippen LogP contribution in [-0.2, 0) is 11.3 Å². The van der Waals surface area contributed by atoms with Crippen molar-refractivity contribution in [1.29, 1.82) is 0 Å². The van der Waals surface area contributed by atoms with Crippen LogP contribution in [0.15, 0.2) is 42.5 Å². The van der Waals surface area contributed by atoms with Gasteiger partial charge in [-0.15, -0.1) is 0 Å². The second-order valence-electron chi connectivity index (χ2n) is 4.45. The molecule has 1 amide bonds. The molecule has 0 saturated heterocycles. The Labute approximate surface area is 148 Å². The molecule has 0 bridgehead atoms. The number of hydrogen-bond donors (Lipinski definition) is 1. The van der Waals surface area contributed by atoms with Crippen molar-refractivity contribution in [3.63, 3.8) is 0 Å². The molecule has 22 heavy (non-hydrogen) atoms. The number of rotatable bonds is 4. The van der Waals surface area contributed by atoms with Crippen molar-refractivity contribution in [3.8, 4) is 0 Å². The van der Waals surface area contributed by atoms with E-state index in [4.69, 9.17) is 46.4 Å². The molecule has 2 aromatic carbocycles. The Bertz CT molecular complexity index is 728. The fraction of sp³-hybridized carbons (Fsp3) is 0.0625. The highest BCUT2D eigenvalue weighted by molar-refractivity contribution is 6.36. The van der Waals surface area contributed by atoms with Crippen molar-refractivity contribution < 1.29 is 4.79 Å². The van der Waals surface area contributed by atoms with Gasteiger partial charge in [-0.25, -0.2) is 0 Å². The van der Waals surface area contributed by atoms with Gasteiger partial charge in [0.05, 0.1) is 0 Å². The van der Waals surface area contributed by atoms with Crippen molar-refractivity contribution in [2.75, 3.05) is 0 Å². The zero-order valence-electron chi connectivity index (χ0n) is 11.2. The van der Waals surface area contributed by atoms with Gasteiger partial charge >= 0.3 is 0 Å². The number of carbonyl (C=O) groups excluding carboxylic acids is 1. The summed E-state index contributed by atoms with van der Waals surface area (Å²) in [6.45, 7) is 0.313. The van der Waals surface area contributed by atoms with Crippen LogP contribution in [0.4, 0.5) is 0 Å². The molecule has 0 unspecified atom stereocenters. The van der Waals surface area contributed by atoms with E-state index in [1.54, 1.807) is 42.5 Å². The lowest BCUT2D eigenvalue weighted by Crippen LogP contribution is -2.20. The van der Waals surface area contributed by atoms with E-state index in [2.05, 4.69) is 5.32 Å². The van der Waals surface area contributed by atoms with E-state index in [0.29, 0.717) is 32.2 Å². The number of carbonyl (C=O) groups is 1. The molecule has 2 nitrogen and oxygen atoms in total. The standard InChI is InChI=1S/C16H11Cl4NO/c17-12-4-1-10(14(19)7-12)3-6-16(22)21-9-11-2-5-13(18)8-15(11)20/h1-8H,9H2,(H,21,22)/b6-3+. The maximum atomic E-state index is 11.8. The van der Waals surface area contributed by atoms with Crippen LogP contribution < -0.4 is 5.32 Å². The summed E-state index contributed by atoms with van der Waals surface area (Å²) in [6, 6.07) is 10.2. The van der Waals surface area contributed by atoms with E-state index in [9.17, 15) is 4.79 Å². The first-order valence-electron chi connectivity index (χ1n) is 6.30. The average molecular weight is 375 g/mol. The molecule has 0 heterocycles. The molecular weight excluding hydrogens is 364 g/mol. The Kier molecular flexibility index (Phi) is 6.16. The summed E-state index contributed by atoms with van der Waals surface area (Å²) in [7, 11) is 0. The summed E-state index contributed by atoms with van der Waals surface area (Å²) < 4.78 is 0. The van der Waals surface area contributed by atoms with Crippen molar-refractivity contribution in [3.05, 3.63) is 73.7 Å². The quantitative estimate of drug-likeness (QED) is 0.690. The third kappa shape index (κ3) is 4.92. The van der Waals surface area contributed by atoms with Crippen LogP contribution in [0.3, 0.4) is 0 Å². The third-order valence-corrected chi connectivity index (χ3v) is 3.99. The number of halogens is 4. The zero-order chi connectivity index (χ0) is 16.1. The van der Waals surface area contributed by atoms with Crippen molar-refractivity contribution >= 4 is 58.4 Å². The van der Waals surface area contributed by atoms with Crippen LogP contribution in [-0.4, -0.2) is 5.91 Å². The van der Waals surface area contributed by atoms with Crippen LogP contribution in [0.2, 0.25) is 20.1 Å². The van der Waals surface area contributed by atoms with Gasteiger partial charge in [-0.3, -0.25) is 4.79 Å². The molecule has 0 aliphatic heterocycles. The Morgan fingerprint density at radius 2 is 1.59 bits per heavy atom. The lowest BCUT2D eigenvalue weighted by atomic mass is 10.2. The van der Waals surface area contributed by atoms with Gasteiger partial charge in [-0.05, 0) is 41.5 Å². The molecule has 0 fully saturated rings. The molecule has 0 aliphatic carbocycles. The smallest absolute Gasteiger partial charge is 0.244 e. The lowest BCUT2D eigenvalue weighted by molar-refractivity contribution is -0.116. The predicted octanol–water partition coefficient (Wildman–Crippen LogP) is 5.63. The first-order chi connectivity index (χ1) is 10.5. The molecule has 0 spiro atoms. The summed E-state index contributed by atoms with van der Waals surface area (Å²) in [6.07, 6.45) is 3.02. The van der Waals surface area contributed by atoms with Gasteiger partial charge in [0.1, 0.15) is 0 Å². The van der Waals surface area contributed by atoms with Crippen LogP contribution in [0.25, 0.3) is 6.08 Å². The first-order valence-corrected chi connectivity index (χ1v) is 7.82. The summed E-state index contributed by atoms with van der Waals surface area (Å²) in [5.74, 6) is -0.253. The van der Waals surface area contributed by atoms with E-state index >= 15 is 0 Å². The van der Waals surface area contributed by atoms with Crippen molar-refractivity contribution in [2.24, 2.45) is 0 Å². The Morgan fingerprint density at radius 3 is 2.23 bits per heavy atom. The first kappa shape index (κ1) is 17.2. The second-order valence-corrected chi connectivity index (χ2v) is 6.14. The molecule has 0 aromatic heterocycles. The molecular formula is C16H11Cl4NO. The molecule has 114 valence electrons. The number of hydrogen-bond acceptors (Lipinski definition) is 1. The predicted molar refractivity (Wildman–Crippen MR) is 93.8 cm³/mol. The minimum Gasteiger partial charge on any atom is -0.348 e. The van der Waals surface area contributed by atoms with Crippen molar-refractivity contribution in [2.45, 2.75) is 6.54 Å². The van der Waals surface area contributed by atoms with E-state index in [-0.39, 0.29) is 5.91 Å². The van der Waals surface area contributed by atoms with Crippen LogP contribution in [0, 0.1) is 0 Å². The highest BCUT2D eigenvalue weighted by Crippen LogP contribution is 2.22. The Morgan fingerprint density at radius 1 is 0.955 bits per heavy atom. The van der Waals surface area contributed by atoms with Gasteiger partial charge in [-0.2, -0.15) is 0 Å². The van der Waals surface area contributed by atoms with Crippen LogP contribution in [0.5, 0.6) is 0 Å². The lowest BCUT2D eigenvalue weighted by Gasteiger charge is -2.05. The van der Waals surface area contributed by atoms with E-state index in [1.165, 1.54) is 6.08 Å². The molecule has 0 atom stereocenters. The third-order valence-electron chi connectivity index (χ3n) is 2.84. The summed E-state index contributed by atoms with van der Waals surface area (Å²) in [5.41, 5.74) is 1.50. The summed E-state index contributed by atoms with van der Waals surface area (Å²) >= 11 is 23.7. The van der Waals surface area contributed by atoms with Gasteiger partial charge in [0.2, 0.25) is 5.91 Å². The SMILES string of the molecule is O=C(/C=C/c1ccc(Cl)cc1Cl)NCc1ccc(Cl)cc1Cl. The fourth-order valence-corrected chi connectivity index (χ4v) is 2.66. The summed E-state index contributed by atoms with van der Waals surface area (Å²) in [4.78, 5) is 11.8. The Balaban J connectivity index is 1.96. The maximum absolute atomic E-state index is 11.8.